The van der Waals surface area contributed by atoms with Gasteiger partial charge in [-0.15, -0.1) is 0 Å². The van der Waals surface area contributed by atoms with Crippen molar-refractivity contribution in [3.8, 4) is 0 Å². The van der Waals surface area contributed by atoms with Gasteiger partial charge in [-0.05, 0) is 36.7 Å². The molecule has 1 aromatic heterocycles. The molecule has 1 aromatic carbocycles. The molecule has 0 fully saturated rings. The minimum absolute atomic E-state index is 0.0615. The lowest BCUT2D eigenvalue weighted by atomic mass is 10.2. The molecule has 17 heavy (non-hydrogen) atoms. The van der Waals surface area contributed by atoms with E-state index in [1.807, 2.05) is 0 Å². The first-order valence-electron chi connectivity index (χ1n) is 4.75. The number of amides is 1. The maximum absolute atomic E-state index is 12.9. The summed E-state index contributed by atoms with van der Waals surface area (Å²) in [4.78, 5) is 11.7. The monoisotopic (exact) mass is 254 g/mol. The maximum Gasteiger partial charge on any atom is 0.256 e. The van der Waals surface area contributed by atoms with Crippen LogP contribution in [0.4, 0.5) is 13.8 Å². The SMILES string of the molecule is Cc1cc(NC(=O)c2cc(F)cc(F)c2)sn1. The van der Waals surface area contributed by atoms with E-state index in [2.05, 4.69) is 9.69 Å². The highest BCUT2D eigenvalue weighted by Gasteiger charge is 2.10. The van der Waals surface area contributed by atoms with Crippen LogP contribution in [-0.2, 0) is 0 Å². The largest absolute Gasteiger partial charge is 0.312 e. The van der Waals surface area contributed by atoms with Crippen LogP contribution in [0.25, 0.3) is 0 Å². The minimum atomic E-state index is -0.782. The number of carbonyl (C=O) groups is 1. The highest BCUT2D eigenvalue weighted by Crippen LogP contribution is 2.17. The summed E-state index contributed by atoms with van der Waals surface area (Å²) in [6, 6.07) is 4.35. The van der Waals surface area contributed by atoms with Crippen LogP contribution >= 0.6 is 11.5 Å². The Balaban J connectivity index is 2.19. The molecule has 88 valence electrons. The van der Waals surface area contributed by atoms with E-state index in [1.165, 1.54) is 0 Å². The Morgan fingerprint density at radius 3 is 2.41 bits per heavy atom. The number of nitrogens with zero attached hydrogens (tertiary/aromatic N) is 1. The molecule has 2 rings (SSSR count). The maximum atomic E-state index is 12.9. The summed E-state index contributed by atoms with van der Waals surface area (Å²) in [5, 5.41) is 3.06. The second kappa shape index (κ2) is 4.58. The predicted octanol–water partition coefficient (Wildman–Crippen LogP) is 2.98. The summed E-state index contributed by atoms with van der Waals surface area (Å²) in [7, 11) is 0. The third-order valence-electron chi connectivity index (χ3n) is 1.99. The highest BCUT2D eigenvalue weighted by molar-refractivity contribution is 7.10. The number of rotatable bonds is 2. The Morgan fingerprint density at radius 2 is 1.88 bits per heavy atom. The molecule has 0 aliphatic rings. The molecule has 1 heterocycles. The summed E-state index contributed by atoms with van der Waals surface area (Å²) >= 11 is 1.11. The van der Waals surface area contributed by atoms with Crippen molar-refractivity contribution >= 4 is 22.4 Å². The van der Waals surface area contributed by atoms with E-state index in [0.717, 1.165) is 29.4 Å². The summed E-state index contributed by atoms with van der Waals surface area (Å²) < 4.78 is 29.8. The van der Waals surface area contributed by atoms with E-state index in [4.69, 9.17) is 0 Å². The molecule has 1 N–H and O–H groups in total. The number of halogens is 2. The highest BCUT2D eigenvalue weighted by atomic mass is 32.1. The van der Waals surface area contributed by atoms with E-state index < -0.39 is 17.5 Å². The van der Waals surface area contributed by atoms with Crippen molar-refractivity contribution in [1.82, 2.24) is 4.37 Å². The Labute approximate surface area is 100 Å². The summed E-state index contributed by atoms with van der Waals surface area (Å²) in [6.07, 6.45) is 0. The van der Waals surface area contributed by atoms with Crippen LogP contribution < -0.4 is 5.32 Å². The summed E-state index contributed by atoms with van der Waals surface area (Å²) in [5.41, 5.74) is 0.712. The third kappa shape index (κ3) is 2.85. The molecule has 0 atom stereocenters. The van der Waals surface area contributed by atoms with Crippen molar-refractivity contribution in [3.63, 3.8) is 0 Å². The molecular formula is C11H8F2N2OS. The Morgan fingerprint density at radius 1 is 1.24 bits per heavy atom. The molecule has 0 saturated carbocycles. The fourth-order valence-electron chi connectivity index (χ4n) is 1.29. The van der Waals surface area contributed by atoms with Crippen LogP contribution in [0, 0.1) is 18.6 Å². The first-order chi connectivity index (χ1) is 8.04. The van der Waals surface area contributed by atoms with Gasteiger partial charge in [0, 0.05) is 11.6 Å². The molecule has 6 heteroatoms. The lowest BCUT2D eigenvalue weighted by Crippen LogP contribution is -2.11. The Hall–Kier alpha value is -1.82. The quantitative estimate of drug-likeness (QED) is 0.895. The van der Waals surface area contributed by atoms with Crippen LogP contribution in [0.5, 0.6) is 0 Å². The summed E-state index contributed by atoms with van der Waals surface area (Å²) in [5.74, 6) is -2.13. The molecule has 0 aliphatic carbocycles. The van der Waals surface area contributed by atoms with Crippen LogP contribution in [0.15, 0.2) is 24.3 Å². The third-order valence-corrected chi connectivity index (χ3v) is 2.79. The average Bonchev–Trinajstić information content (AvgIpc) is 2.62. The second-order valence-corrected chi connectivity index (χ2v) is 4.25. The Kier molecular flexibility index (Phi) is 3.14. The molecule has 0 saturated heterocycles. The van der Waals surface area contributed by atoms with Gasteiger partial charge in [-0.2, -0.15) is 4.37 Å². The van der Waals surface area contributed by atoms with Crippen LogP contribution in [0.2, 0.25) is 0 Å². The lowest BCUT2D eigenvalue weighted by Gasteiger charge is -2.02. The van der Waals surface area contributed by atoms with E-state index in [9.17, 15) is 13.6 Å². The van der Waals surface area contributed by atoms with Crippen molar-refractivity contribution in [1.29, 1.82) is 0 Å². The molecule has 0 bridgehead atoms. The fourth-order valence-corrected chi connectivity index (χ4v) is 1.95. The zero-order chi connectivity index (χ0) is 12.4. The predicted molar refractivity (Wildman–Crippen MR) is 61.2 cm³/mol. The van der Waals surface area contributed by atoms with Crippen LogP contribution in [0.1, 0.15) is 16.1 Å². The van der Waals surface area contributed by atoms with Crippen molar-refractivity contribution < 1.29 is 13.6 Å². The van der Waals surface area contributed by atoms with Crippen molar-refractivity contribution in [2.24, 2.45) is 0 Å². The van der Waals surface area contributed by atoms with Crippen molar-refractivity contribution in [2.75, 3.05) is 5.32 Å². The first-order valence-corrected chi connectivity index (χ1v) is 5.53. The number of carbonyl (C=O) groups excluding carboxylic acids is 1. The zero-order valence-corrected chi connectivity index (χ0v) is 9.65. The van der Waals surface area contributed by atoms with Gasteiger partial charge in [-0.25, -0.2) is 8.78 Å². The molecule has 0 aliphatic heterocycles. The number of hydrogen-bond donors (Lipinski definition) is 1. The van der Waals surface area contributed by atoms with Crippen molar-refractivity contribution in [2.45, 2.75) is 6.92 Å². The average molecular weight is 254 g/mol. The van der Waals surface area contributed by atoms with Gasteiger partial charge < -0.3 is 5.32 Å². The number of anilines is 1. The van der Waals surface area contributed by atoms with Gasteiger partial charge in [-0.1, -0.05) is 0 Å². The molecule has 0 unspecified atom stereocenters. The van der Waals surface area contributed by atoms with Gasteiger partial charge in [0.2, 0.25) is 0 Å². The number of nitrogens with one attached hydrogen (secondary N) is 1. The molecule has 1 amide bonds. The normalized spacial score (nSPS) is 10.3. The molecular weight excluding hydrogens is 246 g/mol. The van der Waals surface area contributed by atoms with Crippen molar-refractivity contribution in [3.05, 3.63) is 47.2 Å². The number of aryl methyl sites for hydroxylation is 1. The van der Waals surface area contributed by atoms with Gasteiger partial charge >= 0.3 is 0 Å². The van der Waals surface area contributed by atoms with E-state index in [0.29, 0.717) is 11.1 Å². The molecule has 0 radical (unpaired) electrons. The van der Waals surface area contributed by atoms with E-state index in [1.54, 1.807) is 13.0 Å². The van der Waals surface area contributed by atoms with Gasteiger partial charge in [0.05, 0.1) is 5.69 Å². The number of aromatic nitrogens is 1. The molecule has 3 nitrogen and oxygen atoms in total. The molecule has 0 spiro atoms. The topological polar surface area (TPSA) is 42.0 Å². The van der Waals surface area contributed by atoms with Gasteiger partial charge in [-0.3, -0.25) is 4.79 Å². The standard InChI is InChI=1S/C11H8F2N2OS/c1-6-2-10(17-15-6)14-11(16)7-3-8(12)5-9(13)4-7/h2-5H,1H3,(H,14,16). The van der Waals surface area contributed by atoms with Gasteiger partial charge in [0.1, 0.15) is 16.6 Å². The van der Waals surface area contributed by atoms with E-state index >= 15 is 0 Å². The summed E-state index contributed by atoms with van der Waals surface area (Å²) in [6.45, 7) is 1.79. The van der Waals surface area contributed by atoms with Crippen LogP contribution in [0.3, 0.4) is 0 Å². The zero-order valence-electron chi connectivity index (χ0n) is 8.83. The lowest BCUT2D eigenvalue weighted by molar-refractivity contribution is 0.102. The second-order valence-electron chi connectivity index (χ2n) is 3.44. The van der Waals surface area contributed by atoms with E-state index in [-0.39, 0.29) is 5.56 Å². The van der Waals surface area contributed by atoms with Gasteiger partial charge in [0.15, 0.2) is 0 Å². The first kappa shape index (κ1) is 11.7. The fraction of sp³-hybridized carbons (Fsp3) is 0.0909. The number of benzene rings is 1. The van der Waals surface area contributed by atoms with Crippen LogP contribution in [-0.4, -0.2) is 10.3 Å². The molecule has 2 aromatic rings. The Bertz CT molecular complexity index is 548. The minimum Gasteiger partial charge on any atom is -0.312 e. The number of hydrogen-bond acceptors (Lipinski definition) is 3. The smallest absolute Gasteiger partial charge is 0.256 e. The van der Waals surface area contributed by atoms with Gasteiger partial charge in [0.25, 0.3) is 5.91 Å².